The average Bonchev–Trinajstić information content (AvgIpc) is 2.95. The lowest BCUT2D eigenvalue weighted by atomic mass is 10.1. The molecule has 1 unspecified atom stereocenters. The molecule has 2 aromatic rings. The zero-order valence-corrected chi connectivity index (χ0v) is 11.3. The summed E-state index contributed by atoms with van der Waals surface area (Å²) in [6.07, 6.45) is 3.66. The van der Waals surface area contributed by atoms with Gasteiger partial charge in [-0.1, -0.05) is 6.92 Å². The van der Waals surface area contributed by atoms with Crippen molar-refractivity contribution in [2.24, 2.45) is 0 Å². The third-order valence-corrected chi connectivity index (χ3v) is 4.37. The molecule has 3 heterocycles. The number of nitrogens with zero attached hydrogens (tertiary/aromatic N) is 3. The predicted molar refractivity (Wildman–Crippen MR) is 73.1 cm³/mol. The maximum Gasteiger partial charge on any atom is 0.225 e. The Kier molecular flexibility index (Phi) is 2.92. The van der Waals surface area contributed by atoms with Crippen LogP contribution in [0.3, 0.4) is 0 Å². The summed E-state index contributed by atoms with van der Waals surface area (Å²) >= 11 is 7.63. The summed E-state index contributed by atoms with van der Waals surface area (Å²) in [5.41, 5.74) is 0. The first-order chi connectivity index (χ1) is 8.29. The molecule has 1 fully saturated rings. The molecule has 0 aliphatic carbocycles. The lowest BCUT2D eigenvalue weighted by molar-refractivity contribution is 0.642. The van der Waals surface area contributed by atoms with Crippen molar-refractivity contribution >= 4 is 39.0 Å². The van der Waals surface area contributed by atoms with E-state index in [0.717, 1.165) is 29.0 Å². The number of thiophene rings is 1. The Bertz CT molecular complexity index is 540. The molecule has 5 heteroatoms. The van der Waals surface area contributed by atoms with Crippen LogP contribution in [0.5, 0.6) is 0 Å². The first kappa shape index (κ1) is 11.2. The van der Waals surface area contributed by atoms with E-state index in [0.29, 0.717) is 11.3 Å². The number of anilines is 1. The molecule has 1 aliphatic heterocycles. The van der Waals surface area contributed by atoms with Crippen molar-refractivity contribution in [3.63, 3.8) is 0 Å². The van der Waals surface area contributed by atoms with E-state index >= 15 is 0 Å². The fourth-order valence-electron chi connectivity index (χ4n) is 2.57. The van der Waals surface area contributed by atoms with E-state index in [2.05, 4.69) is 33.2 Å². The van der Waals surface area contributed by atoms with Crippen LogP contribution < -0.4 is 4.90 Å². The van der Waals surface area contributed by atoms with Crippen molar-refractivity contribution < 1.29 is 0 Å². The van der Waals surface area contributed by atoms with E-state index in [1.54, 1.807) is 11.3 Å². The number of rotatable bonds is 2. The van der Waals surface area contributed by atoms with Gasteiger partial charge in [0.05, 0.1) is 5.39 Å². The molecule has 0 aromatic carbocycles. The highest BCUT2D eigenvalue weighted by atomic mass is 35.5. The average molecular weight is 268 g/mol. The van der Waals surface area contributed by atoms with Crippen LogP contribution in [-0.2, 0) is 0 Å². The molecule has 1 saturated heterocycles. The summed E-state index contributed by atoms with van der Waals surface area (Å²) in [5.74, 6) is 1.02. The van der Waals surface area contributed by atoms with E-state index in [-0.39, 0.29) is 0 Å². The minimum Gasteiger partial charge on any atom is -0.353 e. The lowest BCUT2D eigenvalue weighted by Crippen LogP contribution is -2.29. The Morgan fingerprint density at radius 3 is 3.24 bits per heavy atom. The molecular weight excluding hydrogens is 254 g/mol. The molecule has 0 radical (unpaired) electrons. The molecule has 0 N–H and O–H groups in total. The molecule has 1 aliphatic rings. The SMILES string of the molecule is CCC1CCCN1c1nc(Cl)nc2sccc12. The third kappa shape index (κ3) is 1.89. The van der Waals surface area contributed by atoms with Crippen molar-refractivity contribution in [1.82, 2.24) is 9.97 Å². The standard InChI is InChI=1S/C12H14ClN3S/c1-2-8-4-3-6-16(8)10-9-5-7-17-11(9)15-12(13)14-10/h5,7-8H,2-4,6H2,1H3. The number of aromatic nitrogens is 2. The number of hydrogen-bond acceptors (Lipinski definition) is 4. The lowest BCUT2D eigenvalue weighted by Gasteiger charge is -2.25. The second-order valence-electron chi connectivity index (χ2n) is 4.35. The van der Waals surface area contributed by atoms with Gasteiger partial charge in [0.2, 0.25) is 5.28 Å². The topological polar surface area (TPSA) is 29.0 Å². The summed E-state index contributed by atoms with van der Waals surface area (Å²) in [4.78, 5) is 12.1. The van der Waals surface area contributed by atoms with E-state index < -0.39 is 0 Å². The van der Waals surface area contributed by atoms with Gasteiger partial charge in [-0.3, -0.25) is 0 Å². The van der Waals surface area contributed by atoms with Crippen LogP contribution in [-0.4, -0.2) is 22.6 Å². The van der Waals surface area contributed by atoms with Crippen molar-refractivity contribution in [2.75, 3.05) is 11.4 Å². The molecule has 0 bridgehead atoms. The van der Waals surface area contributed by atoms with Crippen molar-refractivity contribution in [1.29, 1.82) is 0 Å². The number of hydrogen-bond donors (Lipinski definition) is 0. The van der Waals surface area contributed by atoms with Gasteiger partial charge in [-0.2, -0.15) is 4.98 Å². The van der Waals surface area contributed by atoms with Gasteiger partial charge in [-0.15, -0.1) is 11.3 Å². The second-order valence-corrected chi connectivity index (χ2v) is 5.59. The fourth-order valence-corrected chi connectivity index (χ4v) is 3.55. The molecular formula is C12H14ClN3S. The summed E-state index contributed by atoms with van der Waals surface area (Å²) in [7, 11) is 0. The van der Waals surface area contributed by atoms with Gasteiger partial charge in [-0.05, 0) is 42.3 Å². The van der Waals surface area contributed by atoms with Gasteiger partial charge in [0.15, 0.2) is 0 Å². The molecule has 1 atom stereocenters. The smallest absolute Gasteiger partial charge is 0.225 e. The first-order valence-corrected chi connectivity index (χ1v) is 7.22. The predicted octanol–water partition coefficient (Wildman–Crippen LogP) is 3.72. The van der Waals surface area contributed by atoms with E-state index in [4.69, 9.17) is 11.6 Å². The van der Waals surface area contributed by atoms with Crippen LogP contribution in [0.1, 0.15) is 26.2 Å². The van der Waals surface area contributed by atoms with Crippen molar-refractivity contribution in [3.8, 4) is 0 Å². The maximum atomic E-state index is 6.01. The Labute approximate surface area is 109 Å². The van der Waals surface area contributed by atoms with Gasteiger partial charge < -0.3 is 4.90 Å². The summed E-state index contributed by atoms with van der Waals surface area (Å²) in [5, 5.41) is 3.55. The van der Waals surface area contributed by atoms with Gasteiger partial charge >= 0.3 is 0 Å². The van der Waals surface area contributed by atoms with E-state index in [1.807, 2.05) is 0 Å². The van der Waals surface area contributed by atoms with Gasteiger partial charge in [0.1, 0.15) is 10.6 Å². The largest absolute Gasteiger partial charge is 0.353 e. The third-order valence-electron chi connectivity index (χ3n) is 3.40. The molecule has 17 heavy (non-hydrogen) atoms. The quantitative estimate of drug-likeness (QED) is 0.777. The second kappa shape index (κ2) is 4.42. The van der Waals surface area contributed by atoms with Crippen LogP contribution in [0, 0.1) is 0 Å². The highest BCUT2D eigenvalue weighted by Gasteiger charge is 2.26. The normalized spacial score (nSPS) is 20.4. The van der Waals surface area contributed by atoms with Crippen LogP contribution in [0.2, 0.25) is 5.28 Å². The molecule has 3 nitrogen and oxygen atoms in total. The van der Waals surface area contributed by atoms with Crippen LogP contribution in [0.4, 0.5) is 5.82 Å². The van der Waals surface area contributed by atoms with Crippen LogP contribution >= 0.6 is 22.9 Å². The Hall–Kier alpha value is -0.870. The molecule has 3 rings (SSSR count). The maximum absolute atomic E-state index is 6.01. The minimum absolute atomic E-state index is 0.358. The van der Waals surface area contributed by atoms with E-state index in [9.17, 15) is 0 Å². The fraction of sp³-hybridized carbons (Fsp3) is 0.500. The van der Waals surface area contributed by atoms with Gasteiger partial charge in [-0.25, -0.2) is 4.98 Å². The molecule has 0 spiro atoms. The highest BCUT2D eigenvalue weighted by molar-refractivity contribution is 7.16. The molecule has 0 amide bonds. The van der Waals surface area contributed by atoms with Crippen molar-refractivity contribution in [2.45, 2.75) is 32.2 Å². The Morgan fingerprint density at radius 1 is 1.53 bits per heavy atom. The Morgan fingerprint density at radius 2 is 2.41 bits per heavy atom. The minimum atomic E-state index is 0.358. The van der Waals surface area contributed by atoms with E-state index in [1.165, 1.54) is 12.8 Å². The monoisotopic (exact) mass is 267 g/mol. The molecule has 2 aromatic heterocycles. The van der Waals surface area contributed by atoms with Crippen LogP contribution in [0.15, 0.2) is 11.4 Å². The zero-order valence-electron chi connectivity index (χ0n) is 9.69. The summed E-state index contributed by atoms with van der Waals surface area (Å²) in [6, 6.07) is 2.69. The molecule has 90 valence electrons. The first-order valence-electron chi connectivity index (χ1n) is 5.97. The summed E-state index contributed by atoms with van der Waals surface area (Å²) < 4.78 is 0. The van der Waals surface area contributed by atoms with Gasteiger partial charge in [0.25, 0.3) is 0 Å². The van der Waals surface area contributed by atoms with Crippen LogP contribution in [0.25, 0.3) is 10.2 Å². The van der Waals surface area contributed by atoms with Crippen molar-refractivity contribution in [3.05, 3.63) is 16.7 Å². The summed E-state index contributed by atoms with van der Waals surface area (Å²) in [6.45, 7) is 3.31. The number of halogens is 1. The zero-order chi connectivity index (χ0) is 11.8. The number of fused-ring (bicyclic) bond motifs is 1. The van der Waals surface area contributed by atoms with Gasteiger partial charge in [0, 0.05) is 12.6 Å². The highest BCUT2D eigenvalue weighted by Crippen LogP contribution is 2.33. The Balaban J connectivity index is 2.12. The molecule has 0 saturated carbocycles.